The average Bonchev–Trinajstić information content (AvgIpc) is 3.11. The van der Waals surface area contributed by atoms with Gasteiger partial charge in [0.05, 0.1) is 0 Å². The highest BCUT2D eigenvalue weighted by Gasteiger charge is 2.25. The van der Waals surface area contributed by atoms with E-state index in [1.165, 1.54) is 4.70 Å². The first-order valence-electron chi connectivity index (χ1n) is 8.76. The molecule has 0 aliphatic rings. The van der Waals surface area contributed by atoms with Gasteiger partial charge in [-0.1, -0.05) is 0 Å². The number of fused-ring (bicyclic) bond motifs is 1. The maximum Gasteiger partial charge on any atom is 0.253 e. The summed E-state index contributed by atoms with van der Waals surface area (Å²) in [5, 5.41) is 12.4. The molecule has 28 heavy (non-hydrogen) atoms. The Morgan fingerprint density at radius 2 is 1.75 bits per heavy atom. The fourth-order valence-electron chi connectivity index (χ4n) is 2.80. The Hall–Kier alpha value is -3.26. The number of thiophene rings is 1. The summed E-state index contributed by atoms with van der Waals surface area (Å²) in [6.07, 6.45) is 1.59. The van der Waals surface area contributed by atoms with Gasteiger partial charge in [0, 0.05) is 22.1 Å². The minimum absolute atomic E-state index is 0.226. The summed E-state index contributed by atoms with van der Waals surface area (Å²) in [5.41, 5.74) is -0.0288. The molecule has 7 nitrogen and oxygen atoms in total. The van der Waals surface area contributed by atoms with Crippen LogP contribution < -0.4 is 26.8 Å². The monoisotopic (exact) mass is 393 g/mol. The molecule has 0 radical (unpaired) electrons. The topological polar surface area (TPSA) is 96.0 Å². The number of benzene rings is 1. The van der Waals surface area contributed by atoms with Gasteiger partial charge in [-0.05, 0) is 61.9 Å². The van der Waals surface area contributed by atoms with Gasteiger partial charge in [0.25, 0.3) is 10.9 Å². The van der Waals surface area contributed by atoms with E-state index in [-0.39, 0.29) is 16.9 Å². The number of nitrogens with one attached hydrogen (secondary N) is 3. The molecule has 2 aromatic carbocycles. The number of nitrogens with zero attached hydrogens (tertiary/aromatic N) is 2. The zero-order valence-corrected chi connectivity index (χ0v) is 16.5. The molecule has 0 atom stereocenters. The van der Waals surface area contributed by atoms with E-state index in [0.29, 0.717) is 11.8 Å². The largest absolute Gasteiger partial charge is 0.375 e. The van der Waals surface area contributed by atoms with Crippen LogP contribution in [0, 0.1) is 0 Å². The molecule has 2 aromatic heterocycles. The third kappa shape index (κ3) is 3.59. The summed E-state index contributed by atoms with van der Waals surface area (Å²) < 4.78 is 1.21. The van der Waals surface area contributed by atoms with Gasteiger partial charge in [-0.2, -0.15) is 4.98 Å². The van der Waals surface area contributed by atoms with Crippen LogP contribution in [0.15, 0.2) is 51.5 Å². The standard InChI is InChI=1S/C20H19N5O2S/c1-20(2,3)25-16-15(17(26)18(16)27)23-14-6-8-21-19(24-14)22-12-4-5-13-11(10-12)7-9-28-13/h4-10,25H,1-3H3,(H2,21,22,23,24). The lowest BCUT2D eigenvalue weighted by Crippen LogP contribution is -2.41. The second-order valence-electron chi connectivity index (χ2n) is 7.47. The molecule has 2 heterocycles. The van der Waals surface area contributed by atoms with Crippen molar-refractivity contribution in [2.24, 2.45) is 0 Å². The van der Waals surface area contributed by atoms with Crippen molar-refractivity contribution in [1.29, 1.82) is 0 Å². The zero-order chi connectivity index (χ0) is 19.9. The number of rotatable bonds is 5. The third-order valence-electron chi connectivity index (χ3n) is 4.03. The van der Waals surface area contributed by atoms with Gasteiger partial charge in [0.15, 0.2) is 0 Å². The molecule has 0 aliphatic heterocycles. The van der Waals surface area contributed by atoms with Gasteiger partial charge in [-0.25, -0.2) is 4.98 Å². The Labute approximate surface area is 165 Å². The Bertz CT molecular complexity index is 1230. The summed E-state index contributed by atoms with van der Waals surface area (Å²) in [7, 11) is 0. The average molecular weight is 393 g/mol. The lowest BCUT2D eigenvalue weighted by molar-refractivity contribution is 0.632. The Morgan fingerprint density at radius 1 is 0.964 bits per heavy atom. The molecule has 0 spiro atoms. The highest BCUT2D eigenvalue weighted by atomic mass is 32.1. The smallest absolute Gasteiger partial charge is 0.253 e. The SMILES string of the molecule is CC(C)(C)Nc1c(Nc2ccnc(Nc3ccc4sccc4c3)n2)c(=O)c1=O. The Morgan fingerprint density at radius 3 is 2.54 bits per heavy atom. The Kier molecular flexibility index (Phi) is 4.35. The van der Waals surface area contributed by atoms with E-state index in [0.717, 1.165) is 11.1 Å². The van der Waals surface area contributed by atoms with Crippen LogP contribution in [-0.2, 0) is 0 Å². The molecule has 0 amide bonds. The van der Waals surface area contributed by atoms with Crippen molar-refractivity contribution in [2.45, 2.75) is 26.3 Å². The molecule has 0 fully saturated rings. The fourth-order valence-corrected chi connectivity index (χ4v) is 3.57. The van der Waals surface area contributed by atoms with Gasteiger partial charge in [-0.15, -0.1) is 11.3 Å². The van der Waals surface area contributed by atoms with Crippen LogP contribution in [0.3, 0.4) is 0 Å². The molecule has 0 saturated carbocycles. The second-order valence-corrected chi connectivity index (χ2v) is 8.42. The van der Waals surface area contributed by atoms with Crippen LogP contribution >= 0.6 is 11.3 Å². The predicted octanol–water partition coefficient (Wildman–Crippen LogP) is 3.98. The summed E-state index contributed by atoms with van der Waals surface area (Å²) in [5.74, 6) is 0.821. The normalized spacial score (nSPS) is 11.7. The van der Waals surface area contributed by atoms with Crippen molar-refractivity contribution in [3.63, 3.8) is 0 Å². The molecule has 4 aromatic rings. The molecule has 3 N–H and O–H groups in total. The summed E-state index contributed by atoms with van der Waals surface area (Å²) in [6, 6.07) is 9.73. The minimum Gasteiger partial charge on any atom is -0.375 e. The maximum absolute atomic E-state index is 12.0. The van der Waals surface area contributed by atoms with E-state index in [9.17, 15) is 9.59 Å². The number of aromatic nitrogens is 2. The fraction of sp³-hybridized carbons (Fsp3) is 0.200. The van der Waals surface area contributed by atoms with Crippen molar-refractivity contribution in [3.8, 4) is 0 Å². The Balaban J connectivity index is 1.55. The third-order valence-corrected chi connectivity index (χ3v) is 4.93. The van der Waals surface area contributed by atoms with E-state index in [4.69, 9.17) is 0 Å². The van der Waals surface area contributed by atoms with Gasteiger partial charge in [0.2, 0.25) is 5.95 Å². The molecule has 0 saturated heterocycles. The highest BCUT2D eigenvalue weighted by molar-refractivity contribution is 7.17. The van der Waals surface area contributed by atoms with Crippen LogP contribution in [0.4, 0.5) is 28.8 Å². The lowest BCUT2D eigenvalue weighted by atomic mass is 10.1. The minimum atomic E-state index is -0.553. The van der Waals surface area contributed by atoms with E-state index in [2.05, 4.69) is 32.0 Å². The quantitative estimate of drug-likeness (QED) is 0.441. The highest BCUT2D eigenvalue weighted by Crippen LogP contribution is 2.26. The first-order chi connectivity index (χ1) is 13.3. The van der Waals surface area contributed by atoms with Crippen molar-refractivity contribution in [3.05, 3.63) is 62.4 Å². The van der Waals surface area contributed by atoms with Gasteiger partial charge in [-0.3, -0.25) is 9.59 Å². The van der Waals surface area contributed by atoms with Gasteiger partial charge < -0.3 is 16.0 Å². The molecule has 4 rings (SSSR count). The van der Waals surface area contributed by atoms with Crippen LogP contribution in [-0.4, -0.2) is 15.5 Å². The molecule has 142 valence electrons. The van der Waals surface area contributed by atoms with Gasteiger partial charge in [0.1, 0.15) is 17.2 Å². The summed E-state index contributed by atoms with van der Waals surface area (Å²) in [6.45, 7) is 5.76. The van der Waals surface area contributed by atoms with Crippen molar-refractivity contribution >= 4 is 50.3 Å². The van der Waals surface area contributed by atoms with E-state index in [1.807, 2.05) is 44.4 Å². The predicted molar refractivity (Wildman–Crippen MR) is 115 cm³/mol. The van der Waals surface area contributed by atoms with Crippen molar-refractivity contribution in [1.82, 2.24) is 9.97 Å². The molecular formula is C20H19N5O2S. The lowest BCUT2D eigenvalue weighted by Gasteiger charge is -2.24. The summed E-state index contributed by atoms with van der Waals surface area (Å²) >= 11 is 1.69. The second kappa shape index (κ2) is 6.72. The van der Waals surface area contributed by atoms with E-state index < -0.39 is 10.9 Å². The van der Waals surface area contributed by atoms with Crippen LogP contribution in [0.1, 0.15) is 20.8 Å². The summed E-state index contributed by atoms with van der Waals surface area (Å²) in [4.78, 5) is 32.5. The maximum atomic E-state index is 12.0. The number of anilines is 5. The van der Waals surface area contributed by atoms with E-state index in [1.54, 1.807) is 23.6 Å². The zero-order valence-electron chi connectivity index (χ0n) is 15.7. The van der Waals surface area contributed by atoms with Crippen molar-refractivity contribution in [2.75, 3.05) is 16.0 Å². The van der Waals surface area contributed by atoms with E-state index >= 15 is 0 Å². The van der Waals surface area contributed by atoms with Crippen molar-refractivity contribution < 1.29 is 0 Å². The number of hydrogen-bond acceptors (Lipinski definition) is 8. The van der Waals surface area contributed by atoms with Crippen LogP contribution in [0.2, 0.25) is 0 Å². The molecule has 0 unspecified atom stereocenters. The molecule has 0 bridgehead atoms. The number of hydrogen-bond donors (Lipinski definition) is 3. The first kappa shape index (κ1) is 18.1. The molecule has 0 aliphatic carbocycles. The first-order valence-corrected chi connectivity index (χ1v) is 9.64. The van der Waals surface area contributed by atoms with Crippen LogP contribution in [0.5, 0.6) is 0 Å². The molecule has 8 heteroatoms. The molecular weight excluding hydrogens is 374 g/mol. The van der Waals surface area contributed by atoms with Gasteiger partial charge >= 0.3 is 0 Å². The van der Waals surface area contributed by atoms with Crippen LogP contribution in [0.25, 0.3) is 10.1 Å².